The molecule has 1 aliphatic rings. The number of carbonyl (C=O) groups excluding carboxylic acids is 2. The Balaban J connectivity index is 1.76. The molecule has 0 bridgehead atoms. The molecule has 1 aromatic heterocycles. The summed E-state index contributed by atoms with van der Waals surface area (Å²) in [5.41, 5.74) is 7.20. The number of nitrogens with two attached hydrogens (primary N) is 1. The average Bonchev–Trinajstić information content (AvgIpc) is 3.04. The van der Waals surface area contributed by atoms with E-state index in [2.05, 4.69) is 0 Å². The molecule has 0 saturated carbocycles. The molecule has 6 nitrogen and oxygen atoms in total. The van der Waals surface area contributed by atoms with Crippen molar-refractivity contribution in [2.45, 2.75) is 13.5 Å². The fourth-order valence-corrected chi connectivity index (χ4v) is 3.54. The van der Waals surface area contributed by atoms with Crippen LogP contribution in [-0.2, 0) is 16.1 Å². The van der Waals surface area contributed by atoms with Gasteiger partial charge in [-0.1, -0.05) is 12.1 Å². The zero-order valence-electron chi connectivity index (χ0n) is 13.4. The summed E-state index contributed by atoms with van der Waals surface area (Å²) in [6.07, 6.45) is 0. The molecule has 0 atom stereocenters. The van der Waals surface area contributed by atoms with E-state index in [4.69, 9.17) is 20.5 Å². The lowest BCUT2D eigenvalue weighted by Crippen LogP contribution is -2.17. The lowest BCUT2D eigenvalue weighted by molar-refractivity contribution is -0.118. The van der Waals surface area contributed by atoms with Gasteiger partial charge in [0.15, 0.2) is 6.61 Å². The largest absolute Gasteiger partial charge is 0.488 e. The van der Waals surface area contributed by atoms with Crippen molar-refractivity contribution in [1.82, 2.24) is 0 Å². The number of Topliss-reactive ketones (excluding diaryl/α,β-unsaturated/α-hetero) is 1. The van der Waals surface area contributed by atoms with E-state index in [9.17, 15) is 9.59 Å². The number of ether oxygens (including phenoxy) is 2. The van der Waals surface area contributed by atoms with Gasteiger partial charge in [0.05, 0.1) is 0 Å². The molecule has 0 amide bonds. The van der Waals surface area contributed by atoms with Crippen molar-refractivity contribution in [3.05, 3.63) is 52.0 Å². The molecule has 0 saturated heterocycles. The number of carbonyl (C=O) groups is 2. The van der Waals surface area contributed by atoms with Gasteiger partial charge in [0, 0.05) is 21.7 Å². The van der Waals surface area contributed by atoms with Crippen LogP contribution in [0.5, 0.6) is 5.75 Å². The van der Waals surface area contributed by atoms with Crippen LogP contribution in [0.3, 0.4) is 0 Å². The number of thiophene rings is 1. The summed E-state index contributed by atoms with van der Waals surface area (Å²) in [5.74, 6) is -0.461. The van der Waals surface area contributed by atoms with Gasteiger partial charge >= 0.3 is 5.97 Å². The molecule has 126 valence electrons. The molecule has 0 fully saturated rings. The van der Waals surface area contributed by atoms with Crippen molar-refractivity contribution in [2.75, 3.05) is 6.61 Å². The molecule has 1 aromatic carbocycles. The fraction of sp³-hybridized carbons (Fsp3) is 0.167. The van der Waals surface area contributed by atoms with Crippen molar-refractivity contribution in [3.8, 4) is 22.3 Å². The second kappa shape index (κ2) is 6.79. The number of nitriles is 1. The normalized spacial score (nSPS) is 12.8. The van der Waals surface area contributed by atoms with E-state index in [0.29, 0.717) is 11.5 Å². The first-order valence-electron chi connectivity index (χ1n) is 7.43. The highest BCUT2D eigenvalue weighted by Gasteiger charge is 2.23. The Morgan fingerprint density at radius 2 is 2.16 bits per heavy atom. The van der Waals surface area contributed by atoms with Gasteiger partial charge in [0.25, 0.3) is 0 Å². The zero-order valence-corrected chi connectivity index (χ0v) is 14.2. The van der Waals surface area contributed by atoms with Crippen LogP contribution >= 0.6 is 11.3 Å². The van der Waals surface area contributed by atoms with Crippen molar-refractivity contribution in [3.63, 3.8) is 0 Å². The number of ketones is 1. The molecule has 7 heteroatoms. The zero-order chi connectivity index (χ0) is 18.0. The van der Waals surface area contributed by atoms with E-state index >= 15 is 0 Å². The molecule has 0 unspecified atom stereocenters. The Morgan fingerprint density at radius 3 is 2.88 bits per heavy atom. The van der Waals surface area contributed by atoms with Crippen LogP contribution in [0, 0.1) is 11.3 Å². The van der Waals surface area contributed by atoms with Gasteiger partial charge in [-0.25, -0.2) is 4.79 Å². The van der Waals surface area contributed by atoms with Crippen molar-refractivity contribution in [2.24, 2.45) is 5.73 Å². The third kappa shape index (κ3) is 3.25. The van der Waals surface area contributed by atoms with Crippen LogP contribution in [0.1, 0.15) is 22.2 Å². The number of allylic oxidation sites excluding steroid dienone is 1. The van der Waals surface area contributed by atoms with E-state index in [1.165, 1.54) is 18.3 Å². The summed E-state index contributed by atoms with van der Waals surface area (Å²) in [5, 5.41) is 8.89. The SMILES string of the molecule is C/C(N)=C(/C#N)C(=O)COC(=O)c1cc2c(s1)-c1ccccc1OC2. The van der Waals surface area contributed by atoms with Crippen molar-refractivity contribution < 1.29 is 19.1 Å². The predicted molar refractivity (Wildman–Crippen MR) is 91.9 cm³/mol. The monoisotopic (exact) mass is 354 g/mol. The number of esters is 1. The first kappa shape index (κ1) is 16.7. The molecule has 2 heterocycles. The second-order valence-corrected chi connectivity index (χ2v) is 6.47. The van der Waals surface area contributed by atoms with Crippen LogP contribution in [0.25, 0.3) is 10.4 Å². The number of rotatable bonds is 4. The second-order valence-electron chi connectivity index (χ2n) is 5.42. The average molecular weight is 354 g/mol. The Labute approximate surface area is 148 Å². The van der Waals surface area contributed by atoms with Crippen molar-refractivity contribution in [1.29, 1.82) is 5.26 Å². The molecular formula is C18H14N2O4S. The van der Waals surface area contributed by atoms with Crippen molar-refractivity contribution >= 4 is 23.1 Å². The minimum Gasteiger partial charge on any atom is -0.488 e. The van der Waals surface area contributed by atoms with E-state index < -0.39 is 18.4 Å². The Morgan fingerprint density at radius 1 is 1.40 bits per heavy atom. The van der Waals surface area contributed by atoms with Gasteiger partial charge in [-0.2, -0.15) is 5.26 Å². The summed E-state index contributed by atoms with van der Waals surface area (Å²) in [6, 6.07) is 11.0. The number of fused-ring (bicyclic) bond motifs is 3. The minimum absolute atomic E-state index is 0.101. The summed E-state index contributed by atoms with van der Waals surface area (Å²) < 4.78 is 10.7. The number of benzene rings is 1. The maximum atomic E-state index is 12.2. The molecule has 3 rings (SSSR count). The Bertz CT molecular complexity index is 933. The highest BCUT2D eigenvalue weighted by molar-refractivity contribution is 7.17. The molecule has 25 heavy (non-hydrogen) atoms. The van der Waals surface area contributed by atoms with E-state index in [1.54, 1.807) is 12.1 Å². The summed E-state index contributed by atoms with van der Waals surface area (Å²) in [7, 11) is 0. The van der Waals surface area contributed by atoms with Gasteiger partial charge in [0.1, 0.15) is 28.9 Å². The van der Waals surface area contributed by atoms with Crippen LogP contribution in [-0.4, -0.2) is 18.4 Å². The summed E-state index contributed by atoms with van der Waals surface area (Å²) >= 11 is 1.29. The third-order valence-corrected chi connectivity index (χ3v) is 4.84. The van der Waals surface area contributed by atoms with Gasteiger partial charge in [-0.05, 0) is 25.1 Å². The van der Waals surface area contributed by atoms with Gasteiger partial charge in [-0.3, -0.25) is 4.79 Å². The van der Waals surface area contributed by atoms with Gasteiger partial charge in [0.2, 0.25) is 5.78 Å². The molecule has 2 aromatic rings. The van der Waals surface area contributed by atoms with E-state index in [1.807, 2.05) is 24.3 Å². The molecule has 0 aliphatic carbocycles. The third-order valence-electron chi connectivity index (χ3n) is 3.64. The van der Waals surface area contributed by atoms with Crippen LogP contribution in [0.4, 0.5) is 0 Å². The maximum Gasteiger partial charge on any atom is 0.348 e. The first-order chi connectivity index (χ1) is 12.0. The van der Waals surface area contributed by atoms with Crippen LogP contribution in [0.2, 0.25) is 0 Å². The highest BCUT2D eigenvalue weighted by atomic mass is 32.1. The molecule has 1 aliphatic heterocycles. The standard InChI is InChI=1S/C18H14N2O4S/c1-10(20)13(7-19)14(21)9-24-18(22)16-6-11-8-23-15-5-3-2-4-12(15)17(11)25-16/h2-6H,8-9,20H2,1H3/b13-10+. The van der Waals surface area contributed by atoms with Gasteiger partial charge in [-0.15, -0.1) is 11.3 Å². The quantitative estimate of drug-likeness (QED) is 0.514. The summed E-state index contributed by atoms with van der Waals surface area (Å²) in [6.45, 7) is 1.30. The maximum absolute atomic E-state index is 12.2. The molecule has 0 radical (unpaired) electrons. The first-order valence-corrected chi connectivity index (χ1v) is 8.24. The molecular weight excluding hydrogens is 340 g/mol. The topological polar surface area (TPSA) is 102 Å². The predicted octanol–water partition coefficient (Wildman–Crippen LogP) is 2.79. The fourth-order valence-electron chi connectivity index (χ4n) is 2.44. The number of nitrogens with zero attached hydrogens (tertiary/aromatic N) is 1. The smallest absolute Gasteiger partial charge is 0.348 e. The lowest BCUT2D eigenvalue weighted by atomic mass is 10.1. The molecule has 2 N–H and O–H groups in total. The van der Waals surface area contributed by atoms with Crippen LogP contribution in [0.15, 0.2) is 41.6 Å². The van der Waals surface area contributed by atoms with Crippen LogP contribution < -0.4 is 10.5 Å². The Hall–Kier alpha value is -3.11. The number of hydrogen-bond acceptors (Lipinski definition) is 7. The van der Waals surface area contributed by atoms with E-state index in [0.717, 1.165) is 21.8 Å². The minimum atomic E-state index is -0.620. The highest BCUT2D eigenvalue weighted by Crippen LogP contribution is 2.42. The lowest BCUT2D eigenvalue weighted by Gasteiger charge is -2.16. The van der Waals surface area contributed by atoms with Gasteiger partial charge < -0.3 is 15.2 Å². The number of para-hydroxylation sites is 1. The van der Waals surface area contributed by atoms with E-state index in [-0.39, 0.29) is 11.3 Å². The molecule has 0 spiro atoms. The summed E-state index contributed by atoms with van der Waals surface area (Å²) in [4.78, 5) is 25.4. The number of hydrogen-bond donors (Lipinski definition) is 1. The Kier molecular flexibility index (Phi) is 4.55.